The summed E-state index contributed by atoms with van der Waals surface area (Å²) in [6, 6.07) is 3.32. The van der Waals surface area contributed by atoms with Gasteiger partial charge in [0.15, 0.2) is 11.5 Å². The zero-order valence-electron chi connectivity index (χ0n) is 10.4. The van der Waals surface area contributed by atoms with Gasteiger partial charge >= 0.3 is 0 Å². The molecule has 3 rings (SSSR count). The van der Waals surface area contributed by atoms with Crippen LogP contribution in [0.25, 0.3) is 23.1 Å². The molecule has 2 N–H and O–H groups in total. The van der Waals surface area contributed by atoms with Crippen LogP contribution in [0, 0.1) is 0 Å². The van der Waals surface area contributed by atoms with Crippen molar-refractivity contribution in [3.05, 3.63) is 24.5 Å². The number of aromatic nitrogens is 6. The van der Waals surface area contributed by atoms with E-state index in [1.165, 1.54) is 19.5 Å². The summed E-state index contributed by atoms with van der Waals surface area (Å²) in [6.45, 7) is 0. The first-order valence-electron chi connectivity index (χ1n) is 5.56. The number of hydrogen-bond acceptors (Lipinski definition) is 9. The second-order valence-electron chi connectivity index (χ2n) is 3.67. The summed E-state index contributed by atoms with van der Waals surface area (Å²) < 4.78 is 10.0. The number of anilines is 1. The lowest BCUT2D eigenvalue weighted by atomic mass is 10.3. The first kappa shape index (κ1) is 12.0. The van der Waals surface area contributed by atoms with Crippen molar-refractivity contribution in [3.8, 4) is 29.0 Å². The van der Waals surface area contributed by atoms with Crippen LogP contribution >= 0.6 is 0 Å². The number of methoxy groups -OCH3 is 1. The average molecular weight is 271 g/mol. The van der Waals surface area contributed by atoms with Gasteiger partial charge in [-0.05, 0) is 6.07 Å². The molecule has 0 spiro atoms. The van der Waals surface area contributed by atoms with Crippen LogP contribution in [0.15, 0.2) is 29.0 Å². The monoisotopic (exact) mass is 271 g/mol. The molecule has 0 aliphatic rings. The summed E-state index contributed by atoms with van der Waals surface area (Å²) in [4.78, 5) is 12.1. The van der Waals surface area contributed by atoms with E-state index >= 15 is 0 Å². The molecular weight excluding hydrogens is 262 g/mol. The fraction of sp³-hybridized carbons (Fsp3) is 0.0909. The molecule has 9 heteroatoms. The topological polar surface area (TPSA) is 126 Å². The number of nitrogens with two attached hydrogens (primary N) is 1. The Labute approximate surface area is 112 Å². The van der Waals surface area contributed by atoms with Crippen molar-refractivity contribution in [2.45, 2.75) is 0 Å². The third kappa shape index (κ3) is 2.11. The fourth-order valence-corrected chi connectivity index (χ4v) is 1.49. The van der Waals surface area contributed by atoms with Gasteiger partial charge in [0.2, 0.25) is 11.7 Å². The molecule has 0 atom stereocenters. The highest BCUT2D eigenvalue weighted by Gasteiger charge is 2.15. The molecule has 9 nitrogen and oxygen atoms in total. The van der Waals surface area contributed by atoms with Crippen molar-refractivity contribution in [2.24, 2.45) is 0 Å². The molecule has 0 fully saturated rings. The Morgan fingerprint density at radius 1 is 1.15 bits per heavy atom. The van der Waals surface area contributed by atoms with Gasteiger partial charge < -0.3 is 15.0 Å². The van der Waals surface area contributed by atoms with Crippen LogP contribution in [-0.2, 0) is 0 Å². The normalized spacial score (nSPS) is 10.4. The molecule has 0 aliphatic carbocycles. The van der Waals surface area contributed by atoms with Gasteiger partial charge in [0.25, 0.3) is 5.89 Å². The largest absolute Gasteiger partial charge is 0.480 e. The van der Waals surface area contributed by atoms with Crippen molar-refractivity contribution < 1.29 is 9.26 Å². The van der Waals surface area contributed by atoms with E-state index in [9.17, 15) is 0 Å². The lowest BCUT2D eigenvalue weighted by Gasteiger charge is -1.96. The molecule has 0 saturated heterocycles. The summed E-state index contributed by atoms with van der Waals surface area (Å²) in [5.74, 6) is 1.06. The molecule has 3 aromatic heterocycles. The molecule has 0 unspecified atom stereocenters. The second-order valence-corrected chi connectivity index (χ2v) is 3.67. The summed E-state index contributed by atoms with van der Waals surface area (Å²) >= 11 is 0. The maximum atomic E-state index is 5.69. The third-order valence-electron chi connectivity index (χ3n) is 2.43. The predicted molar refractivity (Wildman–Crippen MR) is 67.3 cm³/mol. The molecule has 0 saturated carbocycles. The summed E-state index contributed by atoms with van der Waals surface area (Å²) in [7, 11) is 1.51. The highest BCUT2D eigenvalue weighted by atomic mass is 16.5. The van der Waals surface area contributed by atoms with Gasteiger partial charge in [-0.1, -0.05) is 5.16 Å². The van der Waals surface area contributed by atoms with Crippen molar-refractivity contribution >= 4 is 5.82 Å². The molecule has 0 amide bonds. The first-order chi connectivity index (χ1) is 9.78. The van der Waals surface area contributed by atoms with Crippen LogP contribution in [0.5, 0.6) is 5.88 Å². The Morgan fingerprint density at radius 2 is 2.00 bits per heavy atom. The molecule has 3 aromatic rings. The van der Waals surface area contributed by atoms with Gasteiger partial charge in [0.1, 0.15) is 5.69 Å². The van der Waals surface area contributed by atoms with Crippen LogP contribution in [0.3, 0.4) is 0 Å². The van der Waals surface area contributed by atoms with Crippen molar-refractivity contribution in [1.29, 1.82) is 0 Å². The van der Waals surface area contributed by atoms with E-state index in [2.05, 4.69) is 30.3 Å². The fourth-order valence-electron chi connectivity index (χ4n) is 1.49. The molecule has 0 aromatic carbocycles. The second kappa shape index (κ2) is 4.88. The van der Waals surface area contributed by atoms with E-state index in [0.29, 0.717) is 17.3 Å². The highest BCUT2D eigenvalue weighted by molar-refractivity contribution is 5.63. The lowest BCUT2D eigenvalue weighted by molar-refractivity contribution is 0.392. The standard InChI is InChI=1S/C11H9N7O2/c1-19-7-3-2-6(16-17-7)10-15-11(20-18-10)8-9(12)14-5-4-13-8/h2-5H,1H3,(H2,12,14). The lowest BCUT2D eigenvalue weighted by Crippen LogP contribution is -1.96. The van der Waals surface area contributed by atoms with Crippen LogP contribution in [0.4, 0.5) is 5.82 Å². The van der Waals surface area contributed by atoms with Gasteiger partial charge in [-0.3, -0.25) is 0 Å². The van der Waals surface area contributed by atoms with E-state index in [-0.39, 0.29) is 17.5 Å². The minimum Gasteiger partial charge on any atom is -0.480 e. The number of hydrogen-bond donors (Lipinski definition) is 1. The Hall–Kier alpha value is -3.10. The van der Waals surface area contributed by atoms with Gasteiger partial charge in [0.05, 0.1) is 7.11 Å². The highest BCUT2D eigenvalue weighted by Crippen LogP contribution is 2.22. The molecule has 20 heavy (non-hydrogen) atoms. The first-order valence-corrected chi connectivity index (χ1v) is 5.56. The van der Waals surface area contributed by atoms with Crippen LogP contribution in [0.2, 0.25) is 0 Å². The Bertz CT molecular complexity index is 726. The third-order valence-corrected chi connectivity index (χ3v) is 2.43. The SMILES string of the molecule is COc1ccc(-c2noc(-c3nccnc3N)n2)nn1. The van der Waals surface area contributed by atoms with E-state index < -0.39 is 0 Å². The maximum absolute atomic E-state index is 5.69. The predicted octanol–water partition coefficient (Wildman–Crippen LogP) is 0.574. The zero-order valence-corrected chi connectivity index (χ0v) is 10.4. The summed E-state index contributed by atoms with van der Waals surface area (Å²) in [5.41, 5.74) is 6.47. The van der Waals surface area contributed by atoms with E-state index in [1.807, 2.05) is 0 Å². The quantitative estimate of drug-likeness (QED) is 0.727. The van der Waals surface area contributed by atoms with E-state index in [4.69, 9.17) is 15.0 Å². The molecular formula is C11H9N7O2. The summed E-state index contributed by atoms with van der Waals surface area (Å²) in [5, 5.41) is 11.6. The number of ether oxygens (including phenoxy) is 1. The zero-order chi connectivity index (χ0) is 13.9. The minimum absolute atomic E-state index is 0.170. The van der Waals surface area contributed by atoms with E-state index in [1.54, 1.807) is 12.1 Å². The van der Waals surface area contributed by atoms with Gasteiger partial charge in [-0.15, -0.1) is 10.2 Å². The van der Waals surface area contributed by atoms with Gasteiger partial charge in [-0.25, -0.2) is 9.97 Å². The number of nitrogen functional groups attached to an aromatic ring is 1. The number of rotatable bonds is 3. The minimum atomic E-state index is 0.170. The molecule has 0 bridgehead atoms. The van der Waals surface area contributed by atoms with Crippen LogP contribution in [-0.4, -0.2) is 37.4 Å². The number of nitrogens with zero attached hydrogens (tertiary/aromatic N) is 6. The Morgan fingerprint density at radius 3 is 2.70 bits per heavy atom. The Balaban J connectivity index is 1.95. The van der Waals surface area contributed by atoms with Crippen molar-refractivity contribution in [1.82, 2.24) is 30.3 Å². The van der Waals surface area contributed by atoms with Crippen molar-refractivity contribution in [2.75, 3.05) is 12.8 Å². The average Bonchev–Trinajstić information content (AvgIpc) is 2.97. The molecule has 100 valence electrons. The molecule has 0 aliphatic heterocycles. The van der Waals surface area contributed by atoms with Crippen molar-refractivity contribution in [3.63, 3.8) is 0 Å². The smallest absolute Gasteiger partial charge is 0.280 e. The summed E-state index contributed by atoms with van der Waals surface area (Å²) in [6.07, 6.45) is 2.97. The van der Waals surface area contributed by atoms with Crippen LogP contribution in [0.1, 0.15) is 0 Å². The van der Waals surface area contributed by atoms with Gasteiger partial charge in [0, 0.05) is 18.5 Å². The molecule has 3 heterocycles. The molecule has 0 radical (unpaired) electrons. The van der Waals surface area contributed by atoms with Gasteiger partial charge in [-0.2, -0.15) is 4.98 Å². The maximum Gasteiger partial charge on any atom is 0.280 e. The van der Waals surface area contributed by atoms with E-state index in [0.717, 1.165) is 0 Å². The van der Waals surface area contributed by atoms with Crippen LogP contribution < -0.4 is 10.5 Å². The Kier molecular flexibility index (Phi) is 2.92.